The summed E-state index contributed by atoms with van der Waals surface area (Å²) in [5.41, 5.74) is 12.5. The van der Waals surface area contributed by atoms with E-state index in [4.69, 9.17) is 10.7 Å². The van der Waals surface area contributed by atoms with E-state index in [1.165, 1.54) is 11.9 Å². The highest BCUT2D eigenvalue weighted by Gasteiger charge is 2.22. The molecule has 138 valence electrons. The molecule has 3 aromatic heterocycles. The van der Waals surface area contributed by atoms with Crippen LogP contribution in [0.2, 0.25) is 0 Å². The van der Waals surface area contributed by atoms with Crippen LogP contribution < -0.4 is 5.73 Å². The number of hydrogen-bond donors (Lipinski definition) is 2. The molecule has 0 bridgehead atoms. The average Bonchev–Trinajstić information content (AvgIpc) is 2.92. The molecule has 4 rings (SSSR count). The van der Waals surface area contributed by atoms with Crippen molar-refractivity contribution in [1.82, 2.24) is 19.5 Å². The fraction of sp³-hybridized carbons (Fsp3) is 0.286. The fourth-order valence-corrected chi connectivity index (χ4v) is 3.85. The number of phenols is 1. The van der Waals surface area contributed by atoms with Gasteiger partial charge in [-0.15, -0.1) is 0 Å². The molecular formula is C21H23N5O. The van der Waals surface area contributed by atoms with Crippen LogP contribution in [0, 0.1) is 20.8 Å². The number of benzene rings is 1. The summed E-state index contributed by atoms with van der Waals surface area (Å²) in [6.07, 6.45) is 1.47. The van der Waals surface area contributed by atoms with Crippen LogP contribution in [0.4, 0.5) is 5.82 Å². The summed E-state index contributed by atoms with van der Waals surface area (Å²) in [7, 11) is 0. The first-order valence-electron chi connectivity index (χ1n) is 9.03. The molecule has 6 heteroatoms. The fourth-order valence-electron chi connectivity index (χ4n) is 3.85. The zero-order chi connectivity index (χ0) is 19.5. The third-order valence-electron chi connectivity index (χ3n) is 5.23. The summed E-state index contributed by atoms with van der Waals surface area (Å²) in [6.45, 7) is 10.2. The van der Waals surface area contributed by atoms with Gasteiger partial charge in [-0.05, 0) is 49.9 Å². The molecule has 4 aromatic rings. The highest BCUT2D eigenvalue weighted by atomic mass is 16.3. The van der Waals surface area contributed by atoms with E-state index >= 15 is 0 Å². The maximum atomic E-state index is 10.3. The van der Waals surface area contributed by atoms with Crippen molar-refractivity contribution in [3.05, 3.63) is 46.9 Å². The number of nitrogens with zero attached hydrogens (tertiary/aromatic N) is 4. The van der Waals surface area contributed by atoms with Gasteiger partial charge in [-0.25, -0.2) is 15.0 Å². The first-order chi connectivity index (χ1) is 12.8. The lowest BCUT2D eigenvalue weighted by molar-refractivity contribution is 0.470. The standard InChI is InChI=1S/C21H23N5O/c1-10(2)14-8-15-17-19(22)23-9-24-21(17)26(20(15)25-13(14)5)18-11(3)6-7-16(27)12(18)4/h6-10,27H,1-5H3,(H2,22,23,24). The number of aromatic nitrogens is 4. The molecule has 0 aliphatic carbocycles. The van der Waals surface area contributed by atoms with E-state index in [1.54, 1.807) is 6.07 Å². The van der Waals surface area contributed by atoms with Gasteiger partial charge >= 0.3 is 0 Å². The Morgan fingerprint density at radius 3 is 2.52 bits per heavy atom. The number of aromatic hydroxyl groups is 1. The van der Waals surface area contributed by atoms with Gasteiger partial charge in [0.05, 0.1) is 11.1 Å². The minimum Gasteiger partial charge on any atom is -0.508 e. The zero-order valence-corrected chi connectivity index (χ0v) is 16.2. The Bertz CT molecular complexity index is 1210. The largest absolute Gasteiger partial charge is 0.508 e. The Labute approximate surface area is 157 Å². The number of hydrogen-bond acceptors (Lipinski definition) is 5. The van der Waals surface area contributed by atoms with Gasteiger partial charge in [-0.3, -0.25) is 4.57 Å². The third kappa shape index (κ3) is 2.44. The van der Waals surface area contributed by atoms with Gasteiger partial charge in [-0.2, -0.15) is 0 Å². The highest BCUT2D eigenvalue weighted by molar-refractivity contribution is 6.11. The minimum absolute atomic E-state index is 0.239. The number of aryl methyl sites for hydroxylation is 2. The van der Waals surface area contributed by atoms with Crippen molar-refractivity contribution in [2.75, 3.05) is 5.73 Å². The number of anilines is 1. The number of rotatable bonds is 2. The normalized spacial score (nSPS) is 11.8. The van der Waals surface area contributed by atoms with E-state index in [0.29, 0.717) is 17.4 Å². The molecule has 0 atom stereocenters. The quantitative estimate of drug-likeness (QED) is 0.555. The lowest BCUT2D eigenvalue weighted by atomic mass is 10.0. The van der Waals surface area contributed by atoms with Gasteiger partial charge < -0.3 is 10.8 Å². The number of nitrogen functional groups attached to an aromatic ring is 1. The molecule has 0 amide bonds. The van der Waals surface area contributed by atoms with E-state index in [9.17, 15) is 5.11 Å². The van der Waals surface area contributed by atoms with Crippen molar-refractivity contribution in [1.29, 1.82) is 0 Å². The van der Waals surface area contributed by atoms with Crippen LogP contribution in [0.5, 0.6) is 5.75 Å². The molecule has 1 aromatic carbocycles. The highest BCUT2D eigenvalue weighted by Crippen LogP contribution is 2.37. The Hall–Kier alpha value is -3.15. The first-order valence-corrected chi connectivity index (χ1v) is 9.03. The summed E-state index contributed by atoms with van der Waals surface area (Å²) in [5, 5.41) is 12.0. The van der Waals surface area contributed by atoms with Crippen molar-refractivity contribution in [3.8, 4) is 11.4 Å². The van der Waals surface area contributed by atoms with Crippen LogP contribution in [-0.2, 0) is 0 Å². The summed E-state index contributed by atoms with van der Waals surface area (Å²) < 4.78 is 1.99. The summed E-state index contributed by atoms with van der Waals surface area (Å²) in [4.78, 5) is 13.6. The van der Waals surface area contributed by atoms with E-state index in [-0.39, 0.29) is 5.75 Å². The molecule has 0 aliphatic heterocycles. The second-order valence-corrected chi connectivity index (χ2v) is 7.36. The predicted molar refractivity (Wildman–Crippen MR) is 109 cm³/mol. The van der Waals surface area contributed by atoms with Crippen LogP contribution in [0.15, 0.2) is 24.5 Å². The van der Waals surface area contributed by atoms with Gasteiger partial charge in [0.15, 0.2) is 5.65 Å². The predicted octanol–water partition coefficient (Wildman–Crippen LogP) is 4.31. The van der Waals surface area contributed by atoms with E-state index < -0.39 is 0 Å². The van der Waals surface area contributed by atoms with Crippen LogP contribution in [-0.4, -0.2) is 24.6 Å². The second-order valence-electron chi connectivity index (χ2n) is 7.36. The van der Waals surface area contributed by atoms with E-state index in [2.05, 4.69) is 29.9 Å². The molecule has 0 spiro atoms. The number of nitrogens with two attached hydrogens (primary N) is 1. The van der Waals surface area contributed by atoms with Crippen molar-refractivity contribution in [3.63, 3.8) is 0 Å². The van der Waals surface area contributed by atoms with Gasteiger partial charge in [-0.1, -0.05) is 19.9 Å². The summed E-state index contributed by atoms with van der Waals surface area (Å²) in [5.74, 6) is 1.01. The Balaban J connectivity index is 2.26. The van der Waals surface area contributed by atoms with Crippen LogP contribution in [0.25, 0.3) is 27.8 Å². The topological polar surface area (TPSA) is 89.8 Å². The molecule has 0 radical (unpaired) electrons. The molecule has 27 heavy (non-hydrogen) atoms. The lowest BCUT2D eigenvalue weighted by Gasteiger charge is -2.15. The number of phenolic OH excluding ortho intramolecular Hbond substituents is 1. The molecule has 0 fully saturated rings. The Morgan fingerprint density at radius 2 is 1.81 bits per heavy atom. The lowest BCUT2D eigenvalue weighted by Crippen LogP contribution is -2.04. The average molecular weight is 361 g/mol. The van der Waals surface area contributed by atoms with Crippen molar-refractivity contribution in [2.45, 2.75) is 40.5 Å². The van der Waals surface area contributed by atoms with Gasteiger partial charge in [0.1, 0.15) is 23.5 Å². The van der Waals surface area contributed by atoms with Crippen molar-refractivity contribution >= 4 is 27.9 Å². The SMILES string of the molecule is Cc1ccc(O)c(C)c1-n1c2nc(C)c(C(C)C)cc2c2c(N)ncnc21. The Morgan fingerprint density at radius 1 is 1.07 bits per heavy atom. The van der Waals surface area contributed by atoms with E-state index in [0.717, 1.165) is 38.9 Å². The van der Waals surface area contributed by atoms with Crippen LogP contribution >= 0.6 is 0 Å². The molecule has 3 N–H and O–H groups in total. The Kier molecular flexibility index (Phi) is 3.80. The summed E-state index contributed by atoms with van der Waals surface area (Å²) >= 11 is 0. The zero-order valence-electron chi connectivity index (χ0n) is 16.2. The minimum atomic E-state index is 0.239. The molecule has 3 heterocycles. The number of pyridine rings is 1. The molecule has 0 unspecified atom stereocenters. The molecule has 0 aliphatic rings. The maximum absolute atomic E-state index is 10.3. The molecule has 0 saturated carbocycles. The smallest absolute Gasteiger partial charge is 0.152 e. The van der Waals surface area contributed by atoms with Crippen molar-refractivity contribution in [2.24, 2.45) is 0 Å². The molecular weight excluding hydrogens is 338 g/mol. The van der Waals surface area contributed by atoms with Crippen LogP contribution in [0.3, 0.4) is 0 Å². The molecule has 6 nitrogen and oxygen atoms in total. The monoisotopic (exact) mass is 361 g/mol. The third-order valence-corrected chi connectivity index (χ3v) is 5.23. The second kappa shape index (κ2) is 5.94. The number of fused-ring (bicyclic) bond motifs is 3. The van der Waals surface area contributed by atoms with Gasteiger partial charge in [0.2, 0.25) is 0 Å². The van der Waals surface area contributed by atoms with Gasteiger partial charge in [0.25, 0.3) is 0 Å². The van der Waals surface area contributed by atoms with Gasteiger partial charge in [0, 0.05) is 16.6 Å². The van der Waals surface area contributed by atoms with Crippen LogP contribution in [0.1, 0.15) is 42.1 Å². The van der Waals surface area contributed by atoms with Crippen molar-refractivity contribution < 1.29 is 5.11 Å². The first kappa shape index (κ1) is 17.3. The maximum Gasteiger partial charge on any atom is 0.152 e. The van der Waals surface area contributed by atoms with E-state index in [1.807, 2.05) is 31.4 Å². The molecule has 0 saturated heterocycles. The summed E-state index contributed by atoms with van der Waals surface area (Å²) in [6, 6.07) is 5.75.